The van der Waals surface area contributed by atoms with Crippen LogP contribution in [-0.4, -0.2) is 41.2 Å². The molecule has 0 spiro atoms. The monoisotopic (exact) mass is 376 g/mol. The average molecular weight is 376 g/mol. The number of carbonyl (C=O) groups is 1. The zero-order valence-corrected chi connectivity index (χ0v) is 15.9. The van der Waals surface area contributed by atoms with Crippen molar-refractivity contribution in [3.8, 4) is 5.75 Å². The molecule has 1 aromatic heterocycles. The third-order valence-electron chi connectivity index (χ3n) is 5.63. The number of fused-ring (bicyclic) bond motifs is 1. The Morgan fingerprint density at radius 3 is 2.64 bits per heavy atom. The highest BCUT2D eigenvalue weighted by Crippen LogP contribution is 2.35. The van der Waals surface area contributed by atoms with E-state index in [0.717, 1.165) is 35.2 Å². The summed E-state index contributed by atoms with van der Waals surface area (Å²) in [6.07, 6.45) is 5.03. The third kappa shape index (κ3) is 3.71. The van der Waals surface area contributed by atoms with Crippen LogP contribution < -0.4 is 4.74 Å². The second-order valence-electron chi connectivity index (χ2n) is 7.31. The van der Waals surface area contributed by atoms with E-state index in [1.165, 1.54) is 5.56 Å². The zero-order chi connectivity index (χ0) is 19.5. The maximum atomic E-state index is 11.4. The molecule has 1 atom stereocenters. The molecule has 1 fully saturated rings. The molecule has 1 saturated heterocycles. The molecule has 5 nitrogen and oxygen atoms in total. The molecule has 1 N–H and O–H groups in total. The molecule has 2 heterocycles. The first-order valence-corrected chi connectivity index (χ1v) is 9.60. The number of pyridine rings is 1. The van der Waals surface area contributed by atoms with E-state index in [9.17, 15) is 9.90 Å². The molecule has 5 heteroatoms. The van der Waals surface area contributed by atoms with Crippen LogP contribution in [0, 0.1) is 5.92 Å². The van der Waals surface area contributed by atoms with E-state index >= 15 is 0 Å². The molecule has 4 rings (SSSR count). The Morgan fingerprint density at radius 2 is 1.89 bits per heavy atom. The number of carboxylic acid groups (broad SMARTS) is 1. The van der Waals surface area contributed by atoms with Crippen molar-refractivity contribution in [2.45, 2.75) is 18.9 Å². The number of aromatic nitrogens is 1. The number of rotatable bonds is 5. The molecule has 1 aliphatic rings. The van der Waals surface area contributed by atoms with Crippen molar-refractivity contribution in [3.63, 3.8) is 0 Å². The number of piperidine rings is 1. The molecule has 0 radical (unpaired) electrons. The molecule has 28 heavy (non-hydrogen) atoms. The van der Waals surface area contributed by atoms with Crippen LogP contribution in [-0.2, 0) is 4.79 Å². The lowest BCUT2D eigenvalue weighted by atomic mass is 9.90. The van der Waals surface area contributed by atoms with E-state index in [-0.39, 0.29) is 12.0 Å². The molecule has 1 aliphatic heterocycles. The molecule has 2 aromatic carbocycles. The van der Waals surface area contributed by atoms with E-state index in [1.807, 2.05) is 30.6 Å². The molecule has 0 aliphatic carbocycles. The number of carboxylic acids is 1. The second kappa shape index (κ2) is 7.98. The summed E-state index contributed by atoms with van der Waals surface area (Å²) >= 11 is 0. The number of hydrogen-bond acceptors (Lipinski definition) is 4. The highest BCUT2D eigenvalue weighted by Gasteiger charge is 2.30. The predicted molar refractivity (Wildman–Crippen MR) is 109 cm³/mol. The van der Waals surface area contributed by atoms with Gasteiger partial charge in [-0.25, -0.2) is 0 Å². The SMILES string of the molecule is COc1cccc(C(c2ccc3cnccc3c2)N2CCC(C(=O)O)CC2)c1. The number of hydrogen-bond donors (Lipinski definition) is 1. The van der Waals surface area contributed by atoms with Crippen LogP contribution in [0.2, 0.25) is 0 Å². The summed E-state index contributed by atoms with van der Waals surface area (Å²) in [6, 6.07) is 16.7. The Kier molecular flexibility index (Phi) is 5.26. The van der Waals surface area contributed by atoms with Gasteiger partial charge in [-0.1, -0.05) is 24.3 Å². The van der Waals surface area contributed by atoms with Gasteiger partial charge in [0.05, 0.1) is 19.1 Å². The van der Waals surface area contributed by atoms with Crippen LogP contribution in [0.4, 0.5) is 0 Å². The van der Waals surface area contributed by atoms with Crippen LogP contribution in [0.25, 0.3) is 10.8 Å². The summed E-state index contributed by atoms with van der Waals surface area (Å²) in [7, 11) is 1.68. The minimum atomic E-state index is -0.684. The van der Waals surface area contributed by atoms with Gasteiger partial charge < -0.3 is 9.84 Å². The number of aliphatic carboxylic acids is 1. The van der Waals surface area contributed by atoms with Crippen molar-refractivity contribution in [3.05, 3.63) is 72.1 Å². The van der Waals surface area contributed by atoms with Crippen LogP contribution in [0.15, 0.2) is 60.9 Å². The van der Waals surface area contributed by atoms with Crippen LogP contribution in [0.3, 0.4) is 0 Å². The topological polar surface area (TPSA) is 62.7 Å². The Bertz CT molecular complexity index is 980. The van der Waals surface area contributed by atoms with Gasteiger partial charge >= 0.3 is 5.97 Å². The Labute approximate surface area is 164 Å². The fourth-order valence-electron chi connectivity index (χ4n) is 4.10. The quantitative estimate of drug-likeness (QED) is 0.725. The molecule has 0 amide bonds. The highest BCUT2D eigenvalue weighted by atomic mass is 16.5. The van der Waals surface area contributed by atoms with Gasteiger partial charge in [0, 0.05) is 17.8 Å². The first-order valence-electron chi connectivity index (χ1n) is 9.60. The van der Waals surface area contributed by atoms with Gasteiger partial charge in [-0.2, -0.15) is 0 Å². The smallest absolute Gasteiger partial charge is 0.306 e. The largest absolute Gasteiger partial charge is 0.497 e. The van der Waals surface area contributed by atoms with E-state index in [4.69, 9.17) is 4.74 Å². The summed E-state index contributed by atoms with van der Waals surface area (Å²) in [4.78, 5) is 17.9. The standard InChI is InChI=1S/C23H24N2O3/c1-28-21-4-2-3-18(14-21)22(25-11-8-16(9-12-25)23(26)27)19-5-6-20-15-24-10-7-17(20)13-19/h2-7,10,13-16,22H,8-9,11-12H2,1H3,(H,26,27). The molecular formula is C23H24N2O3. The van der Waals surface area contributed by atoms with E-state index in [0.29, 0.717) is 12.8 Å². The first-order chi connectivity index (χ1) is 13.7. The maximum Gasteiger partial charge on any atom is 0.306 e. The summed E-state index contributed by atoms with van der Waals surface area (Å²) in [5.41, 5.74) is 2.35. The van der Waals surface area contributed by atoms with Crippen molar-refractivity contribution >= 4 is 16.7 Å². The van der Waals surface area contributed by atoms with Crippen molar-refractivity contribution in [1.29, 1.82) is 0 Å². The summed E-state index contributed by atoms with van der Waals surface area (Å²) in [5.74, 6) is -0.103. The first kappa shape index (κ1) is 18.4. The normalized spacial score (nSPS) is 16.8. The van der Waals surface area contributed by atoms with Crippen molar-refractivity contribution < 1.29 is 14.6 Å². The average Bonchev–Trinajstić information content (AvgIpc) is 2.74. The van der Waals surface area contributed by atoms with Gasteiger partial charge in [-0.3, -0.25) is 14.7 Å². The number of likely N-dealkylation sites (tertiary alicyclic amines) is 1. The molecule has 3 aromatic rings. The third-order valence-corrected chi connectivity index (χ3v) is 5.63. The van der Waals surface area contributed by atoms with Crippen LogP contribution >= 0.6 is 0 Å². The lowest BCUT2D eigenvalue weighted by molar-refractivity contribution is -0.143. The van der Waals surface area contributed by atoms with Crippen LogP contribution in [0.5, 0.6) is 5.75 Å². The fraction of sp³-hybridized carbons (Fsp3) is 0.304. The van der Waals surface area contributed by atoms with Gasteiger partial charge in [-0.05, 0) is 66.7 Å². The highest BCUT2D eigenvalue weighted by molar-refractivity contribution is 5.82. The van der Waals surface area contributed by atoms with E-state index in [1.54, 1.807) is 7.11 Å². The van der Waals surface area contributed by atoms with Crippen molar-refractivity contribution in [1.82, 2.24) is 9.88 Å². The summed E-state index contributed by atoms with van der Waals surface area (Å²) in [6.45, 7) is 1.51. The van der Waals surface area contributed by atoms with Gasteiger partial charge in [-0.15, -0.1) is 0 Å². The summed E-state index contributed by atoms with van der Waals surface area (Å²) in [5, 5.41) is 11.6. The molecule has 1 unspecified atom stereocenters. The maximum absolute atomic E-state index is 11.4. The predicted octanol–water partition coefficient (Wildman–Crippen LogP) is 4.13. The molecule has 144 valence electrons. The fourth-order valence-corrected chi connectivity index (χ4v) is 4.10. The number of benzene rings is 2. The number of methoxy groups -OCH3 is 1. The minimum absolute atomic E-state index is 0.0578. The van der Waals surface area contributed by atoms with Crippen LogP contribution in [0.1, 0.15) is 30.0 Å². The van der Waals surface area contributed by atoms with Crippen molar-refractivity contribution in [2.75, 3.05) is 20.2 Å². The molecule has 0 bridgehead atoms. The van der Waals surface area contributed by atoms with E-state index in [2.05, 4.69) is 40.2 Å². The zero-order valence-electron chi connectivity index (χ0n) is 15.9. The Balaban J connectivity index is 1.73. The minimum Gasteiger partial charge on any atom is -0.497 e. The lowest BCUT2D eigenvalue weighted by Crippen LogP contribution is -2.39. The second-order valence-corrected chi connectivity index (χ2v) is 7.31. The van der Waals surface area contributed by atoms with Gasteiger partial charge in [0.15, 0.2) is 0 Å². The molecule has 0 saturated carbocycles. The number of nitrogens with zero attached hydrogens (tertiary/aromatic N) is 2. The van der Waals surface area contributed by atoms with Gasteiger partial charge in [0.1, 0.15) is 5.75 Å². The molecular weight excluding hydrogens is 352 g/mol. The van der Waals surface area contributed by atoms with Crippen molar-refractivity contribution in [2.24, 2.45) is 5.92 Å². The summed E-state index contributed by atoms with van der Waals surface area (Å²) < 4.78 is 5.44. The lowest BCUT2D eigenvalue weighted by Gasteiger charge is -2.37. The van der Waals surface area contributed by atoms with Gasteiger partial charge in [0.25, 0.3) is 0 Å². The van der Waals surface area contributed by atoms with Gasteiger partial charge in [0.2, 0.25) is 0 Å². The Hall–Kier alpha value is -2.92. The van der Waals surface area contributed by atoms with E-state index < -0.39 is 5.97 Å². The number of ether oxygens (including phenoxy) is 1. The Morgan fingerprint density at radius 1 is 1.11 bits per heavy atom.